The quantitative estimate of drug-likeness (QED) is 0.459. The number of carbonyl (C=O) groups excluding carboxylic acids is 1. The molecule has 0 bridgehead atoms. The Kier molecular flexibility index (Phi) is 7.57. The number of hydrogen-bond donors (Lipinski definition) is 1. The molecular weight excluding hydrogens is 448 g/mol. The number of nitrogens with one attached hydrogen (secondary N) is 1. The molecule has 4 rings (SSSR count). The van der Waals surface area contributed by atoms with Crippen LogP contribution in [0.25, 0.3) is 16.6 Å². The van der Waals surface area contributed by atoms with Crippen LogP contribution < -0.4 is 10.9 Å². The highest BCUT2D eigenvalue weighted by atomic mass is 35.5. The SMILES string of the molecule is CCCN(C(=O)NC1CCCCC1)C(C)c1nc2cc(Cl)ccc2c(=O)n1-c1ccc(C)cc1. The Hall–Kier alpha value is -2.86. The minimum absolute atomic E-state index is 0.0999. The maximum absolute atomic E-state index is 13.7. The largest absolute Gasteiger partial charge is 0.335 e. The van der Waals surface area contributed by atoms with Gasteiger partial charge in [0, 0.05) is 17.6 Å². The van der Waals surface area contributed by atoms with Crippen LogP contribution in [0.3, 0.4) is 0 Å². The summed E-state index contributed by atoms with van der Waals surface area (Å²) < 4.78 is 1.64. The Labute approximate surface area is 205 Å². The molecule has 1 fully saturated rings. The van der Waals surface area contributed by atoms with Crippen molar-refractivity contribution < 1.29 is 4.79 Å². The average molecular weight is 481 g/mol. The van der Waals surface area contributed by atoms with Crippen molar-refractivity contribution in [2.24, 2.45) is 0 Å². The van der Waals surface area contributed by atoms with Crippen LogP contribution in [0.4, 0.5) is 4.79 Å². The first-order valence-corrected chi connectivity index (χ1v) is 12.6. The molecule has 0 aliphatic heterocycles. The van der Waals surface area contributed by atoms with Gasteiger partial charge in [0.25, 0.3) is 5.56 Å². The summed E-state index contributed by atoms with van der Waals surface area (Å²) in [5.74, 6) is 0.524. The Morgan fingerprint density at radius 3 is 2.56 bits per heavy atom. The highest BCUT2D eigenvalue weighted by Crippen LogP contribution is 2.25. The van der Waals surface area contributed by atoms with Crippen molar-refractivity contribution in [2.75, 3.05) is 6.54 Å². The molecule has 0 radical (unpaired) electrons. The second-order valence-corrected chi connectivity index (χ2v) is 9.70. The molecule has 7 heteroatoms. The molecule has 1 heterocycles. The van der Waals surface area contributed by atoms with Crippen LogP contribution in [0.2, 0.25) is 5.02 Å². The van der Waals surface area contributed by atoms with Crippen LogP contribution in [-0.2, 0) is 0 Å². The smallest absolute Gasteiger partial charge is 0.318 e. The summed E-state index contributed by atoms with van der Waals surface area (Å²) in [6.45, 7) is 6.57. The fourth-order valence-electron chi connectivity index (χ4n) is 4.76. The van der Waals surface area contributed by atoms with E-state index in [0.29, 0.717) is 28.3 Å². The Morgan fingerprint density at radius 2 is 1.88 bits per heavy atom. The molecule has 34 heavy (non-hydrogen) atoms. The molecule has 2 aromatic carbocycles. The second kappa shape index (κ2) is 10.6. The fraction of sp³-hybridized carbons (Fsp3) is 0.444. The number of fused-ring (bicyclic) bond motifs is 1. The van der Waals surface area contributed by atoms with Crippen LogP contribution in [0.15, 0.2) is 47.3 Å². The lowest BCUT2D eigenvalue weighted by Gasteiger charge is -2.33. The molecule has 0 spiro atoms. The van der Waals surface area contributed by atoms with Crippen LogP contribution >= 0.6 is 11.6 Å². The number of hydrogen-bond acceptors (Lipinski definition) is 3. The molecule has 1 N–H and O–H groups in total. The Balaban J connectivity index is 1.80. The number of aryl methyl sites for hydroxylation is 1. The summed E-state index contributed by atoms with van der Waals surface area (Å²) >= 11 is 6.22. The zero-order valence-corrected chi connectivity index (χ0v) is 20.9. The first kappa shape index (κ1) is 24.3. The molecule has 2 amide bonds. The van der Waals surface area contributed by atoms with Crippen LogP contribution in [0.1, 0.15) is 69.8 Å². The molecule has 1 aliphatic carbocycles. The number of benzene rings is 2. The van der Waals surface area contributed by atoms with Gasteiger partial charge in [-0.15, -0.1) is 0 Å². The number of amides is 2. The van der Waals surface area contributed by atoms with Crippen molar-refractivity contribution in [3.05, 3.63) is 69.2 Å². The Morgan fingerprint density at radius 1 is 1.18 bits per heavy atom. The summed E-state index contributed by atoms with van der Waals surface area (Å²) in [5, 5.41) is 4.25. The molecule has 1 unspecified atom stereocenters. The third-order valence-corrected chi connectivity index (χ3v) is 6.88. The second-order valence-electron chi connectivity index (χ2n) is 9.26. The van der Waals surface area contributed by atoms with Crippen molar-refractivity contribution in [1.82, 2.24) is 19.8 Å². The zero-order valence-electron chi connectivity index (χ0n) is 20.2. The molecule has 0 saturated heterocycles. The number of urea groups is 1. The predicted octanol–water partition coefficient (Wildman–Crippen LogP) is 6.16. The molecular formula is C27H33ClN4O2. The average Bonchev–Trinajstić information content (AvgIpc) is 2.83. The van der Waals surface area contributed by atoms with Crippen molar-refractivity contribution in [2.45, 2.75) is 71.4 Å². The van der Waals surface area contributed by atoms with Gasteiger partial charge in [0.15, 0.2) is 0 Å². The third-order valence-electron chi connectivity index (χ3n) is 6.65. The first-order chi connectivity index (χ1) is 16.4. The minimum Gasteiger partial charge on any atom is -0.335 e. The lowest BCUT2D eigenvalue weighted by molar-refractivity contribution is 0.169. The van der Waals surface area contributed by atoms with Gasteiger partial charge in [-0.3, -0.25) is 9.36 Å². The number of carbonyl (C=O) groups is 1. The van der Waals surface area contributed by atoms with E-state index in [1.54, 1.807) is 27.7 Å². The maximum atomic E-state index is 13.7. The molecule has 3 aromatic rings. The van der Waals surface area contributed by atoms with Gasteiger partial charge in [-0.05, 0) is 63.4 Å². The lowest BCUT2D eigenvalue weighted by Crippen LogP contribution is -2.47. The van der Waals surface area contributed by atoms with Gasteiger partial charge in [-0.25, -0.2) is 9.78 Å². The summed E-state index contributed by atoms with van der Waals surface area (Å²) in [5.41, 5.74) is 2.20. The van der Waals surface area contributed by atoms with Gasteiger partial charge in [0.1, 0.15) is 5.82 Å². The van der Waals surface area contributed by atoms with Gasteiger partial charge in [-0.1, -0.05) is 55.5 Å². The van der Waals surface area contributed by atoms with E-state index in [0.717, 1.165) is 43.4 Å². The van der Waals surface area contributed by atoms with E-state index in [4.69, 9.17) is 16.6 Å². The minimum atomic E-state index is -0.416. The third kappa shape index (κ3) is 5.12. The number of rotatable bonds is 6. The number of aromatic nitrogens is 2. The summed E-state index contributed by atoms with van der Waals surface area (Å²) in [6, 6.07) is 12.6. The first-order valence-electron chi connectivity index (χ1n) is 12.3. The predicted molar refractivity (Wildman–Crippen MR) is 138 cm³/mol. The molecule has 1 aliphatic rings. The van der Waals surface area contributed by atoms with E-state index in [1.165, 1.54) is 6.42 Å². The van der Waals surface area contributed by atoms with E-state index in [-0.39, 0.29) is 17.6 Å². The van der Waals surface area contributed by atoms with Crippen molar-refractivity contribution in [3.63, 3.8) is 0 Å². The van der Waals surface area contributed by atoms with E-state index in [2.05, 4.69) is 5.32 Å². The highest BCUT2D eigenvalue weighted by Gasteiger charge is 2.28. The molecule has 6 nitrogen and oxygen atoms in total. The standard InChI is InChI=1S/C27H33ClN4O2/c1-4-16-31(27(34)29-21-8-6-5-7-9-21)19(3)25-30-24-17-20(28)12-15-23(24)26(33)32(25)22-13-10-18(2)11-14-22/h10-15,17,19,21H,4-9,16H2,1-3H3,(H,29,34). The molecule has 1 aromatic heterocycles. The van der Waals surface area contributed by atoms with Crippen molar-refractivity contribution in [1.29, 1.82) is 0 Å². The number of nitrogens with zero attached hydrogens (tertiary/aromatic N) is 3. The topological polar surface area (TPSA) is 67.2 Å². The van der Waals surface area contributed by atoms with Crippen LogP contribution in [0.5, 0.6) is 0 Å². The van der Waals surface area contributed by atoms with Gasteiger partial charge in [0.05, 0.1) is 22.6 Å². The zero-order chi connectivity index (χ0) is 24.2. The monoisotopic (exact) mass is 480 g/mol. The van der Waals surface area contributed by atoms with Crippen molar-refractivity contribution >= 4 is 28.5 Å². The van der Waals surface area contributed by atoms with E-state index < -0.39 is 6.04 Å². The van der Waals surface area contributed by atoms with E-state index in [9.17, 15) is 9.59 Å². The number of halogens is 1. The van der Waals surface area contributed by atoms with Crippen LogP contribution in [0, 0.1) is 6.92 Å². The highest BCUT2D eigenvalue weighted by molar-refractivity contribution is 6.31. The van der Waals surface area contributed by atoms with Crippen LogP contribution in [-0.4, -0.2) is 33.1 Å². The fourth-order valence-corrected chi connectivity index (χ4v) is 4.92. The van der Waals surface area contributed by atoms with Crippen molar-refractivity contribution in [3.8, 4) is 5.69 Å². The summed E-state index contributed by atoms with van der Waals surface area (Å²) in [4.78, 5) is 33.8. The van der Waals surface area contributed by atoms with Gasteiger partial charge in [0.2, 0.25) is 0 Å². The van der Waals surface area contributed by atoms with Gasteiger partial charge in [-0.2, -0.15) is 0 Å². The molecule has 180 valence electrons. The maximum Gasteiger partial charge on any atom is 0.318 e. The lowest BCUT2D eigenvalue weighted by atomic mass is 9.96. The van der Waals surface area contributed by atoms with Gasteiger partial charge < -0.3 is 10.2 Å². The molecule has 1 atom stereocenters. The van der Waals surface area contributed by atoms with Gasteiger partial charge >= 0.3 is 6.03 Å². The summed E-state index contributed by atoms with van der Waals surface area (Å²) in [6.07, 6.45) is 6.36. The summed E-state index contributed by atoms with van der Waals surface area (Å²) in [7, 11) is 0. The Bertz CT molecular complexity index is 1220. The normalized spacial score (nSPS) is 15.3. The van der Waals surface area contributed by atoms with E-state index in [1.807, 2.05) is 45.0 Å². The molecule has 1 saturated carbocycles. The van der Waals surface area contributed by atoms with E-state index >= 15 is 0 Å².